The molecule has 1 aromatic heterocycles. The summed E-state index contributed by atoms with van der Waals surface area (Å²) in [5.41, 5.74) is 1.20. The number of aromatic nitrogens is 1. The molecular formula is C12H17ClN2. The Bertz CT molecular complexity index is 330. The molecule has 0 unspecified atom stereocenters. The van der Waals surface area contributed by atoms with Crippen molar-refractivity contribution < 1.29 is 0 Å². The maximum Gasteiger partial charge on any atom is 0.131 e. The molecule has 0 N–H and O–H groups in total. The van der Waals surface area contributed by atoms with Crippen LogP contribution in [0.3, 0.4) is 0 Å². The van der Waals surface area contributed by atoms with Crippen molar-refractivity contribution in [1.82, 2.24) is 4.98 Å². The van der Waals surface area contributed by atoms with Crippen molar-refractivity contribution in [3.8, 4) is 0 Å². The lowest BCUT2D eigenvalue weighted by molar-refractivity contribution is 0.357. The molecule has 0 aromatic carbocycles. The van der Waals surface area contributed by atoms with E-state index in [1.54, 1.807) is 6.20 Å². The Morgan fingerprint density at radius 1 is 1.33 bits per heavy atom. The second kappa shape index (κ2) is 4.40. The van der Waals surface area contributed by atoms with E-state index < -0.39 is 0 Å². The highest BCUT2D eigenvalue weighted by atomic mass is 35.5. The van der Waals surface area contributed by atoms with E-state index in [1.165, 1.54) is 12.1 Å². The molecule has 0 aliphatic carbocycles. The lowest BCUT2D eigenvalue weighted by Gasteiger charge is -2.36. The van der Waals surface area contributed by atoms with Crippen LogP contribution >= 0.6 is 11.6 Å². The Labute approximate surface area is 96.3 Å². The highest BCUT2D eigenvalue weighted by Gasteiger charge is 2.21. The molecule has 1 aliphatic heterocycles. The minimum absolute atomic E-state index is 0.582. The first kappa shape index (κ1) is 10.7. The van der Waals surface area contributed by atoms with Crippen molar-refractivity contribution in [3.63, 3.8) is 0 Å². The fourth-order valence-corrected chi connectivity index (χ4v) is 2.63. The van der Waals surface area contributed by atoms with E-state index in [0.29, 0.717) is 5.15 Å². The number of nitrogens with zero attached hydrogens (tertiary/aromatic N) is 2. The summed E-state index contributed by atoms with van der Waals surface area (Å²) < 4.78 is 0. The van der Waals surface area contributed by atoms with Crippen molar-refractivity contribution >= 4 is 17.3 Å². The third-order valence-corrected chi connectivity index (χ3v) is 3.15. The molecule has 0 radical (unpaired) electrons. The second-order valence-electron chi connectivity index (χ2n) is 4.69. The van der Waals surface area contributed by atoms with Crippen LogP contribution in [0.15, 0.2) is 18.3 Å². The molecule has 15 heavy (non-hydrogen) atoms. The van der Waals surface area contributed by atoms with Crippen molar-refractivity contribution in [2.24, 2.45) is 11.8 Å². The molecule has 2 atom stereocenters. The van der Waals surface area contributed by atoms with Crippen molar-refractivity contribution in [2.45, 2.75) is 20.3 Å². The van der Waals surface area contributed by atoms with Gasteiger partial charge >= 0.3 is 0 Å². The van der Waals surface area contributed by atoms with Crippen molar-refractivity contribution in [3.05, 3.63) is 23.5 Å². The molecule has 0 amide bonds. The number of rotatable bonds is 1. The highest BCUT2D eigenvalue weighted by Crippen LogP contribution is 2.26. The lowest BCUT2D eigenvalue weighted by atomic mass is 9.91. The molecule has 2 rings (SSSR count). The molecule has 3 heteroatoms. The van der Waals surface area contributed by atoms with Gasteiger partial charge in [-0.3, -0.25) is 0 Å². The molecule has 0 saturated carbocycles. The van der Waals surface area contributed by atoms with Gasteiger partial charge in [-0.05, 0) is 30.4 Å². The molecule has 82 valence electrons. The van der Waals surface area contributed by atoms with Gasteiger partial charge in [0.25, 0.3) is 0 Å². The summed E-state index contributed by atoms with van der Waals surface area (Å²) in [7, 11) is 0. The van der Waals surface area contributed by atoms with Crippen molar-refractivity contribution in [2.75, 3.05) is 18.0 Å². The zero-order valence-corrected chi connectivity index (χ0v) is 10.0. The van der Waals surface area contributed by atoms with E-state index in [9.17, 15) is 0 Å². The minimum Gasteiger partial charge on any atom is -0.371 e. The van der Waals surface area contributed by atoms with Gasteiger partial charge in [0.15, 0.2) is 0 Å². The fraction of sp³-hybridized carbons (Fsp3) is 0.583. The van der Waals surface area contributed by atoms with E-state index in [4.69, 9.17) is 11.6 Å². The average Bonchev–Trinajstić information content (AvgIpc) is 2.16. The SMILES string of the molecule is C[C@@H]1C[C@H](C)CN(c2ccnc(Cl)c2)C1. The van der Waals surface area contributed by atoms with Gasteiger partial charge in [-0.2, -0.15) is 0 Å². The lowest BCUT2D eigenvalue weighted by Crippen LogP contribution is -2.38. The normalized spacial score (nSPS) is 26.7. The van der Waals surface area contributed by atoms with Gasteiger partial charge in [0.05, 0.1) is 0 Å². The Balaban J connectivity index is 2.16. The summed E-state index contributed by atoms with van der Waals surface area (Å²) in [6.45, 7) is 6.88. The Morgan fingerprint density at radius 3 is 2.60 bits per heavy atom. The molecule has 0 spiro atoms. The van der Waals surface area contributed by atoms with E-state index in [-0.39, 0.29) is 0 Å². The smallest absolute Gasteiger partial charge is 0.131 e. The van der Waals surface area contributed by atoms with Crippen LogP contribution in [0.25, 0.3) is 0 Å². The first-order valence-electron chi connectivity index (χ1n) is 5.51. The Hall–Kier alpha value is -0.760. The summed E-state index contributed by atoms with van der Waals surface area (Å²) in [6, 6.07) is 3.99. The quantitative estimate of drug-likeness (QED) is 0.681. The predicted molar refractivity (Wildman–Crippen MR) is 64.4 cm³/mol. The number of halogens is 1. The highest BCUT2D eigenvalue weighted by molar-refractivity contribution is 6.29. The van der Waals surface area contributed by atoms with Crippen LogP contribution in [-0.2, 0) is 0 Å². The average molecular weight is 225 g/mol. The van der Waals surface area contributed by atoms with E-state index in [0.717, 1.165) is 24.9 Å². The standard InChI is InChI=1S/C12H17ClN2/c1-9-5-10(2)8-15(7-9)11-3-4-14-12(13)6-11/h3-4,6,9-10H,5,7-8H2,1-2H3/t9-,10+. The Morgan fingerprint density at radius 2 is 2.00 bits per heavy atom. The first-order valence-corrected chi connectivity index (χ1v) is 5.89. The van der Waals surface area contributed by atoms with Gasteiger partial charge in [0.2, 0.25) is 0 Å². The molecule has 2 nitrogen and oxygen atoms in total. The number of pyridine rings is 1. The van der Waals surface area contributed by atoms with Crippen LogP contribution in [0.2, 0.25) is 5.15 Å². The molecule has 1 saturated heterocycles. The van der Waals surface area contributed by atoms with Gasteiger partial charge in [0, 0.05) is 25.0 Å². The Kier molecular flexibility index (Phi) is 3.15. The number of piperidine rings is 1. The summed E-state index contributed by atoms with van der Waals surface area (Å²) in [5.74, 6) is 1.53. The van der Waals surface area contributed by atoms with Gasteiger partial charge in [-0.1, -0.05) is 25.4 Å². The monoisotopic (exact) mass is 224 g/mol. The number of hydrogen-bond donors (Lipinski definition) is 0. The zero-order valence-electron chi connectivity index (χ0n) is 9.28. The van der Waals surface area contributed by atoms with Crippen LogP contribution in [0.5, 0.6) is 0 Å². The van der Waals surface area contributed by atoms with Gasteiger partial charge in [0.1, 0.15) is 5.15 Å². The summed E-state index contributed by atoms with van der Waals surface area (Å²) >= 11 is 5.90. The third-order valence-electron chi connectivity index (χ3n) is 2.94. The topological polar surface area (TPSA) is 16.1 Å². The van der Waals surface area contributed by atoms with Gasteiger partial charge < -0.3 is 4.90 Å². The predicted octanol–water partition coefficient (Wildman–Crippen LogP) is 3.22. The molecule has 1 aromatic rings. The third kappa shape index (κ3) is 2.63. The summed E-state index contributed by atoms with van der Waals surface area (Å²) in [4.78, 5) is 6.42. The first-order chi connectivity index (χ1) is 7.15. The molecule has 2 heterocycles. The van der Waals surface area contributed by atoms with Gasteiger partial charge in [-0.15, -0.1) is 0 Å². The largest absolute Gasteiger partial charge is 0.371 e. The van der Waals surface area contributed by atoms with Gasteiger partial charge in [-0.25, -0.2) is 4.98 Å². The summed E-state index contributed by atoms with van der Waals surface area (Å²) in [5, 5.41) is 0.582. The zero-order chi connectivity index (χ0) is 10.8. The van der Waals surface area contributed by atoms with Crippen LogP contribution in [0.4, 0.5) is 5.69 Å². The molecular weight excluding hydrogens is 208 g/mol. The van der Waals surface area contributed by atoms with Crippen LogP contribution in [0, 0.1) is 11.8 Å². The molecule has 1 aliphatic rings. The summed E-state index contributed by atoms with van der Waals surface area (Å²) in [6.07, 6.45) is 3.11. The molecule has 0 bridgehead atoms. The number of anilines is 1. The number of hydrogen-bond acceptors (Lipinski definition) is 2. The van der Waals surface area contributed by atoms with E-state index >= 15 is 0 Å². The maximum atomic E-state index is 5.90. The van der Waals surface area contributed by atoms with E-state index in [2.05, 4.69) is 23.7 Å². The van der Waals surface area contributed by atoms with Crippen molar-refractivity contribution in [1.29, 1.82) is 0 Å². The van der Waals surface area contributed by atoms with Crippen LogP contribution in [0.1, 0.15) is 20.3 Å². The van der Waals surface area contributed by atoms with Crippen LogP contribution < -0.4 is 4.90 Å². The fourth-order valence-electron chi connectivity index (χ4n) is 2.46. The second-order valence-corrected chi connectivity index (χ2v) is 5.08. The molecule has 1 fully saturated rings. The van der Waals surface area contributed by atoms with Crippen LogP contribution in [-0.4, -0.2) is 18.1 Å². The minimum atomic E-state index is 0.582. The van der Waals surface area contributed by atoms with E-state index in [1.807, 2.05) is 12.1 Å². The maximum absolute atomic E-state index is 5.90.